The Morgan fingerprint density at radius 1 is 1.43 bits per heavy atom. The van der Waals surface area contributed by atoms with Crippen molar-refractivity contribution >= 4 is 0 Å². The van der Waals surface area contributed by atoms with Gasteiger partial charge in [-0.25, -0.2) is 0 Å². The molecule has 124 valence electrons. The molecule has 0 saturated carbocycles. The van der Waals surface area contributed by atoms with Gasteiger partial charge < -0.3 is 0 Å². The monoisotopic (exact) mass is 312 g/mol. The normalized spacial score (nSPS) is 26.5. The standard InChI is InChI=1S/C19H28N4/c1-6-10-17-13-23(18(3,4)5)14-19(17,21-22-20)15(2)16-11-8-7-9-12-16/h6-9,11-12,15,17H,1,10,13-14H2,2-5H3/t15-,17?,19?/m1/s1. The average molecular weight is 312 g/mol. The van der Waals surface area contributed by atoms with E-state index in [9.17, 15) is 5.53 Å². The van der Waals surface area contributed by atoms with Crippen LogP contribution < -0.4 is 0 Å². The molecule has 0 amide bonds. The van der Waals surface area contributed by atoms with Crippen LogP contribution in [0.25, 0.3) is 10.4 Å². The highest BCUT2D eigenvalue weighted by atomic mass is 15.3. The molecule has 0 spiro atoms. The van der Waals surface area contributed by atoms with Crippen LogP contribution in [0.3, 0.4) is 0 Å². The van der Waals surface area contributed by atoms with Gasteiger partial charge in [-0.1, -0.05) is 48.4 Å². The van der Waals surface area contributed by atoms with Crippen molar-refractivity contribution in [1.29, 1.82) is 0 Å². The van der Waals surface area contributed by atoms with Crippen molar-refractivity contribution in [1.82, 2.24) is 4.90 Å². The lowest BCUT2D eigenvalue weighted by molar-refractivity contribution is 0.159. The van der Waals surface area contributed by atoms with Gasteiger partial charge in [0.1, 0.15) is 0 Å². The van der Waals surface area contributed by atoms with Crippen LogP contribution in [0, 0.1) is 5.92 Å². The van der Waals surface area contributed by atoms with Crippen molar-refractivity contribution in [3.8, 4) is 0 Å². The Labute approximate surface area is 139 Å². The highest BCUT2D eigenvalue weighted by Gasteiger charge is 2.51. The fraction of sp³-hybridized carbons (Fsp3) is 0.579. The Morgan fingerprint density at radius 2 is 2.09 bits per heavy atom. The number of rotatable bonds is 5. The maximum absolute atomic E-state index is 9.28. The number of hydrogen-bond acceptors (Lipinski definition) is 2. The first-order valence-electron chi connectivity index (χ1n) is 8.32. The molecule has 0 radical (unpaired) electrons. The number of allylic oxidation sites excluding steroid dienone is 1. The molecule has 1 aromatic rings. The van der Waals surface area contributed by atoms with Gasteiger partial charge >= 0.3 is 0 Å². The molecular formula is C19H28N4. The molecule has 4 heteroatoms. The van der Waals surface area contributed by atoms with Crippen LogP contribution in [-0.4, -0.2) is 29.1 Å². The van der Waals surface area contributed by atoms with Crippen molar-refractivity contribution in [2.45, 2.75) is 51.1 Å². The van der Waals surface area contributed by atoms with Gasteiger partial charge in [-0.15, -0.1) is 6.58 Å². The van der Waals surface area contributed by atoms with E-state index < -0.39 is 5.54 Å². The zero-order valence-electron chi connectivity index (χ0n) is 14.7. The topological polar surface area (TPSA) is 52.0 Å². The fourth-order valence-electron chi connectivity index (χ4n) is 3.72. The summed E-state index contributed by atoms with van der Waals surface area (Å²) >= 11 is 0. The molecule has 1 heterocycles. The minimum absolute atomic E-state index is 0.0581. The molecule has 1 saturated heterocycles. The second-order valence-electron chi connectivity index (χ2n) is 7.59. The molecule has 1 aliphatic heterocycles. The van der Waals surface area contributed by atoms with Crippen molar-refractivity contribution in [3.05, 3.63) is 59.0 Å². The number of benzene rings is 1. The Morgan fingerprint density at radius 3 is 2.61 bits per heavy atom. The van der Waals surface area contributed by atoms with Crippen molar-refractivity contribution in [2.75, 3.05) is 13.1 Å². The molecule has 2 rings (SSSR count). The van der Waals surface area contributed by atoms with E-state index in [0.29, 0.717) is 0 Å². The SMILES string of the molecule is C=CCC1CN(C(C)(C)C)CC1(N=[N+]=[N-])[C@H](C)c1ccccc1. The van der Waals surface area contributed by atoms with E-state index in [0.717, 1.165) is 19.5 Å². The van der Waals surface area contributed by atoms with Gasteiger partial charge in [0.2, 0.25) is 0 Å². The third-order valence-corrected chi connectivity index (χ3v) is 5.27. The molecule has 23 heavy (non-hydrogen) atoms. The van der Waals surface area contributed by atoms with E-state index in [1.165, 1.54) is 5.56 Å². The maximum atomic E-state index is 9.28. The summed E-state index contributed by atoms with van der Waals surface area (Å²) in [6, 6.07) is 10.4. The van der Waals surface area contributed by atoms with E-state index in [1.807, 2.05) is 12.1 Å². The van der Waals surface area contributed by atoms with Gasteiger partial charge in [0, 0.05) is 23.5 Å². The smallest absolute Gasteiger partial charge is 0.0723 e. The second-order valence-corrected chi connectivity index (χ2v) is 7.59. The Kier molecular flexibility index (Phi) is 5.18. The zero-order chi connectivity index (χ0) is 17.1. The van der Waals surface area contributed by atoms with E-state index >= 15 is 0 Å². The lowest BCUT2D eigenvalue weighted by Gasteiger charge is -2.37. The predicted molar refractivity (Wildman–Crippen MR) is 96.4 cm³/mol. The molecule has 0 aliphatic carbocycles. The summed E-state index contributed by atoms with van der Waals surface area (Å²) in [4.78, 5) is 5.69. The maximum Gasteiger partial charge on any atom is 0.0723 e. The van der Waals surface area contributed by atoms with Gasteiger partial charge in [-0.3, -0.25) is 4.90 Å². The molecule has 1 fully saturated rings. The van der Waals surface area contributed by atoms with Crippen LogP contribution in [0.2, 0.25) is 0 Å². The van der Waals surface area contributed by atoms with Gasteiger partial charge in [-0.05, 0) is 50.1 Å². The third kappa shape index (κ3) is 3.44. The first-order valence-corrected chi connectivity index (χ1v) is 8.32. The lowest BCUT2D eigenvalue weighted by atomic mass is 9.73. The van der Waals surface area contributed by atoms with Crippen molar-refractivity contribution < 1.29 is 0 Å². The van der Waals surface area contributed by atoms with E-state index in [1.54, 1.807) is 0 Å². The second kappa shape index (κ2) is 6.77. The lowest BCUT2D eigenvalue weighted by Crippen LogP contribution is -2.44. The number of azide groups is 1. The van der Waals surface area contributed by atoms with Crippen LogP contribution in [0.1, 0.15) is 45.6 Å². The van der Waals surface area contributed by atoms with Crippen molar-refractivity contribution in [2.24, 2.45) is 11.0 Å². The summed E-state index contributed by atoms with van der Waals surface area (Å²) in [5, 5.41) is 4.39. The summed E-state index contributed by atoms with van der Waals surface area (Å²) in [6.07, 6.45) is 2.82. The van der Waals surface area contributed by atoms with Crippen LogP contribution >= 0.6 is 0 Å². The average Bonchev–Trinajstić information content (AvgIpc) is 2.88. The minimum Gasteiger partial charge on any atom is -0.297 e. The van der Waals surface area contributed by atoms with Crippen LogP contribution in [0.4, 0.5) is 0 Å². The Hall–Kier alpha value is -1.77. The quantitative estimate of drug-likeness (QED) is 0.321. The summed E-state index contributed by atoms with van der Waals surface area (Å²) < 4.78 is 0. The fourth-order valence-corrected chi connectivity index (χ4v) is 3.72. The van der Waals surface area contributed by atoms with Crippen LogP contribution in [0.5, 0.6) is 0 Å². The van der Waals surface area contributed by atoms with E-state index in [2.05, 4.69) is 73.5 Å². The minimum atomic E-state index is -0.433. The molecule has 0 aromatic heterocycles. The number of hydrogen-bond donors (Lipinski definition) is 0. The molecule has 0 N–H and O–H groups in total. The van der Waals surface area contributed by atoms with Crippen molar-refractivity contribution in [3.63, 3.8) is 0 Å². The first-order chi connectivity index (χ1) is 10.8. The highest BCUT2D eigenvalue weighted by Crippen LogP contribution is 2.46. The van der Waals surface area contributed by atoms with Gasteiger partial charge in [0.15, 0.2) is 0 Å². The molecule has 1 aliphatic rings. The van der Waals surface area contributed by atoms with Crippen LogP contribution in [0.15, 0.2) is 48.1 Å². The van der Waals surface area contributed by atoms with E-state index in [4.69, 9.17) is 0 Å². The van der Waals surface area contributed by atoms with Gasteiger partial charge in [0.05, 0.1) is 5.54 Å². The molecule has 1 aromatic carbocycles. The Bertz CT molecular complexity index is 583. The summed E-state index contributed by atoms with van der Waals surface area (Å²) in [7, 11) is 0. The summed E-state index contributed by atoms with van der Waals surface area (Å²) in [6.45, 7) is 14.5. The molecule has 0 bridgehead atoms. The summed E-state index contributed by atoms with van der Waals surface area (Å²) in [5.41, 5.74) is 10.1. The Balaban J connectivity index is 2.47. The number of likely N-dealkylation sites (tertiary alicyclic amines) is 1. The van der Waals surface area contributed by atoms with Gasteiger partial charge in [-0.2, -0.15) is 0 Å². The molecular weight excluding hydrogens is 284 g/mol. The first kappa shape index (κ1) is 17.6. The third-order valence-electron chi connectivity index (χ3n) is 5.27. The zero-order valence-corrected chi connectivity index (χ0v) is 14.7. The summed E-state index contributed by atoms with van der Waals surface area (Å²) in [5.74, 6) is 0.447. The molecule has 4 nitrogen and oxygen atoms in total. The number of nitrogens with zero attached hydrogens (tertiary/aromatic N) is 4. The molecule has 2 unspecified atom stereocenters. The van der Waals surface area contributed by atoms with E-state index in [-0.39, 0.29) is 17.4 Å². The van der Waals surface area contributed by atoms with Gasteiger partial charge in [0.25, 0.3) is 0 Å². The predicted octanol–water partition coefficient (Wildman–Crippen LogP) is 5.15. The molecule has 3 atom stereocenters. The highest BCUT2D eigenvalue weighted by molar-refractivity contribution is 5.27. The largest absolute Gasteiger partial charge is 0.297 e. The van der Waals surface area contributed by atoms with Crippen LogP contribution in [-0.2, 0) is 0 Å².